The van der Waals surface area contributed by atoms with Gasteiger partial charge in [0.15, 0.2) is 0 Å². The van der Waals surface area contributed by atoms with Gasteiger partial charge in [-0.2, -0.15) is 5.10 Å². The molecule has 3 N–H and O–H groups in total. The zero-order valence-electron chi connectivity index (χ0n) is 10.8. The predicted molar refractivity (Wildman–Crippen MR) is 72.3 cm³/mol. The van der Waals surface area contributed by atoms with Gasteiger partial charge in [0.1, 0.15) is 15.7 Å². The monoisotopic (exact) mass is 272 g/mol. The van der Waals surface area contributed by atoms with Crippen molar-refractivity contribution in [1.82, 2.24) is 9.78 Å². The highest BCUT2D eigenvalue weighted by atomic mass is 32.2. The second kappa shape index (κ2) is 4.79. The number of hydrogen-bond acceptors (Lipinski definition) is 5. The molecule has 0 radical (unpaired) electrons. The van der Waals surface area contributed by atoms with Crippen molar-refractivity contribution in [2.75, 3.05) is 22.6 Å². The molecule has 1 saturated heterocycles. The van der Waals surface area contributed by atoms with E-state index in [0.717, 1.165) is 18.1 Å². The average Bonchev–Trinajstić information content (AvgIpc) is 2.59. The molecule has 0 unspecified atom stereocenters. The quantitative estimate of drug-likeness (QED) is 0.848. The Morgan fingerprint density at radius 3 is 2.61 bits per heavy atom. The summed E-state index contributed by atoms with van der Waals surface area (Å²) >= 11 is 0. The number of anilines is 2. The lowest BCUT2D eigenvalue weighted by Gasteiger charge is -2.24. The van der Waals surface area contributed by atoms with Crippen molar-refractivity contribution in [3.63, 3.8) is 0 Å². The first-order valence-corrected chi connectivity index (χ1v) is 8.05. The Morgan fingerprint density at radius 1 is 1.44 bits per heavy atom. The fourth-order valence-corrected chi connectivity index (χ4v) is 3.70. The van der Waals surface area contributed by atoms with E-state index in [2.05, 4.69) is 10.4 Å². The van der Waals surface area contributed by atoms with Crippen LogP contribution in [0.25, 0.3) is 0 Å². The van der Waals surface area contributed by atoms with Gasteiger partial charge in [-0.05, 0) is 26.7 Å². The van der Waals surface area contributed by atoms with Crippen LogP contribution < -0.4 is 11.1 Å². The van der Waals surface area contributed by atoms with Gasteiger partial charge in [0.25, 0.3) is 0 Å². The zero-order chi connectivity index (χ0) is 13.3. The number of nitrogens with two attached hydrogens (primary N) is 1. The average molecular weight is 272 g/mol. The SMILES string of the molecule is CCn1nc(C)c(N)c1NC1CCS(=O)(=O)CC1. The second-order valence-electron chi connectivity index (χ2n) is 4.73. The van der Waals surface area contributed by atoms with Gasteiger partial charge in [0, 0.05) is 12.6 Å². The topological polar surface area (TPSA) is 90.0 Å². The number of rotatable bonds is 3. The van der Waals surface area contributed by atoms with Gasteiger partial charge in [-0.3, -0.25) is 0 Å². The lowest BCUT2D eigenvalue weighted by atomic mass is 10.1. The number of nitrogens with zero attached hydrogens (tertiary/aromatic N) is 2. The van der Waals surface area contributed by atoms with E-state index in [0.29, 0.717) is 18.5 Å². The van der Waals surface area contributed by atoms with Gasteiger partial charge in [-0.25, -0.2) is 13.1 Å². The normalized spacial score (nSPS) is 19.9. The molecule has 2 rings (SSSR count). The maximum atomic E-state index is 11.4. The molecule has 0 aromatic carbocycles. The fourth-order valence-electron chi connectivity index (χ4n) is 2.20. The van der Waals surface area contributed by atoms with Gasteiger partial charge < -0.3 is 11.1 Å². The zero-order valence-corrected chi connectivity index (χ0v) is 11.6. The molecule has 0 spiro atoms. The fraction of sp³-hybridized carbons (Fsp3) is 0.727. The summed E-state index contributed by atoms with van der Waals surface area (Å²) in [5.74, 6) is 1.33. The smallest absolute Gasteiger partial charge is 0.150 e. The first-order valence-electron chi connectivity index (χ1n) is 6.23. The number of aryl methyl sites for hydroxylation is 2. The summed E-state index contributed by atoms with van der Waals surface area (Å²) in [5.41, 5.74) is 7.45. The van der Waals surface area contributed by atoms with Gasteiger partial charge in [0.2, 0.25) is 0 Å². The largest absolute Gasteiger partial charge is 0.394 e. The van der Waals surface area contributed by atoms with E-state index < -0.39 is 9.84 Å². The maximum absolute atomic E-state index is 11.4. The molecule has 6 nitrogen and oxygen atoms in total. The van der Waals surface area contributed by atoms with E-state index in [1.165, 1.54) is 0 Å². The van der Waals surface area contributed by atoms with E-state index >= 15 is 0 Å². The van der Waals surface area contributed by atoms with Crippen LogP contribution >= 0.6 is 0 Å². The third-order valence-corrected chi connectivity index (χ3v) is 5.08. The second-order valence-corrected chi connectivity index (χ2v) is 7.04. The van der Waals surface area contributed by atoms with E-state index in [1.807, 2.05) is 18.5 Å². The Kier molecular flexibility index (Phi) is 3.52. The van der Waals surface area contributed by atoms with Gasteiger partial charge >= 0.3 is 0 Å². The number of sulfone groups is 1. The Hall–Kier alpha value is -1.24. The van der Waals surface area contributed by atoms with Crippen LogP contribution in [0, 0.1) is 6.92 Å². The molecule has 2 heterocycles. The number of nitrogen functional groups attached to an aromatic ring is 1. The van der Waals surface area contributed by atoms with Crippen LogP contribution in [-0.4, -0.2) is 35.7 Å². The summed E-state index contributed by atoms with van der Waals surface area (Å²) in [7, 11) is -2.82. The molecule has 1 fully saturated rings. The molecule has 1 aliphatic heterocycles. The van der Waals surface area contributed by atoms with Crippen molar-refractivity contribution in [3.05, 3.63) is 5.69 Å². The van der Waals surface area contributed by atoms with Crippen molar-refractivity contribution < 1.29 is 8.42 Å². The molecule has 18 heavy (non-hydrogen) atoms. The van der Waals surface area contributed by atoms with Crippen LogP contribution in [-0.2, 0) is 16.4 Å². The third-order valence-electron chi connectivity index (χ3n) is 3.37. The molecule has 0 saturated carbocycles. The van der Waals surface area contributed by atoms with Crippen LogP contribution in [0.2, 0.25) is 0 Å². The Balaban J connectivity index is 2.11. The molecule has 1 aromatic rings. The summed E-state index contributed by atoms with van der Waals surface area (Å²) in [4.78, 5) is 0. The highest BCUT2D eigenvalue weighted by molar-refractivity contribution is 7.91. The standard InChI is InChI=1S/C11H20N4O2S/c1-3-15-11(10(12)8(2)14-15)13-9-4-6-18(16,17)7-5-9/h9,13H,3-7,12H2,1-2H3. The van der Waals surface area contributed by atoms with E-state index in [-0.39, 0.29) is 17.5 Å². The van der Waals surface area contributed by atoms with Crippen LogP contribution in [0.3, 0.4) is 0 Å². The molecule has 0 aliphatic carbocycles. The summed E-state index contributed by atoms with van der Waals surface area (Å²) < 4.78 is 24.6. The lowest BCUT2D eigenvalue weighted by molar-refractivity contribution is 0.555. The first kappa shape index (κ1) is 13.2. The van der Waals surface area contributed by atoms with E-state index in [4.69, 9.17) is 5.73 Å². The summed E-state index contributed by atoms with van der Waals surface area (Å²) in [5, 5.41) is 7.67. The van der Waals surface area contributed by atoms with Crippen molar-refractivity contribution in [3.8, 4) is 0 Å². The van der Waals surface area contributed by atoms with Crippen molar-refractivity contribution in [2.24, 2.45) is 0 Å². The van der Waals surface area contributed by atoms with Gasteiger partial charge in [0.05, 0.1) is 22.9 Å². The molecule has 0 bridgehead atoms. The number of hydrogen-bond donors (Lipinski definition) is 2. The number of nitrogens with one attached hydrogen (secondary N) is 1. The molecule has 1 aliphatic rings. The van der Waals surface area contributed by atoms with Crippen molar-refractivity contribution >= 4 is 21.3 Å². The molecule has 0 atom stereocenters. The maximum Gasteiger partial charge on any atom is 0.150 e. The minimum atomic E-state index is -2.82. The summed E-state index contributed by atoms with van der Waals surface area (Å²) in [6, 6.07) is 0.164. The van der Waals surface area contributed by atoms with E-state index in [9.17, 15) is 8.42 Å². The third kappa shape index (κ3) is 2.60. The molecule has 0 amide bonds. The minimum absolute atomic E-state index is 0.164. The minimum Gasteiger partial charge on any atom is -0.394 e. The Labute approximate surface area is 107 Å². The van der Waals surface area contributed by atoms with Gasteiger partial charge in [-0.1, -0.05) is 0 Å². The lowest BCUT2D eigenvalue weighted by Crippen LogP contribution is -2.33. The van der Waals surface area contributed by atoms with Crippen LogP contribution in [0.15, 0.2) is 0 Å². The molecule has 1 aromatic heterocycles. The van der Waals surface area contributed by atoms with Crippen molar-refractivity contribution in [1.29, 1.82) is 0 Å². The van der Waals surface area contributed by atoms with Crippen molar-refractivity contribution in [2.45, 2.75) is 39.3 Å². The molecule has 102 valence electrons. The first-order chi connectivity index (χ1) is 8.43. The Bertz CT molecular complexity index is 521. The number of aromatic nitrogens is 2. The summed E-state index contributed by atoms with van der Waals surface area (Å²) in [6.07, 6.45) is 1.27. The van der Waals surface area contributed by atoms with Crippen LogP contribution in [0.5, 0.6) is 0 Å². The molecular formula is C11H20N4O2S. The van der Waals surface area contributed by atoms with E-state index in [1.54, 1.807) is 0 Å². The Morgan fingerprint density at radius 2 is 2.06 bits per heavy atom. The molecular weight excluding hydrogens is 252 g/mol. The molecule has 7 heteroatoms. The van der Waals surface area contributed by atoms with Crippen LogP contribution in [0.4, 0.5) is 11.5 Å². The highest BCUT2D eigenvalue weighted by Crippen LogP contribution is 2.25. The van der Waals surface area contributed by atoms with Crippen LogP contribution in [0.1, 0.15) is 25.5 Å². The highest BCUT2D eigenvalue weighted by Gasteiger charge is 2.25. The summed E-state index contributed by atoms with van der Waals surface area (Å²) in [6.45, 7) is 4.62. The van der Waals surface area contributed by atoms with Gasteiger partial charge in [-0.15, -0.1) is 0 Å². The predicted octanol–water partition coefficient (Wildman–Crippen LogP) is 0.783.